The quantitative estimate of drug-likeness (QED) is 0.520. The van der Waals surface area contributed by atoms with E-state index in [0.717, 1.165) is 22.3 Å². The van der Waals surface area contributed by atoms with Crippen molar-refractivity contribution in [1.82, 2.24) is 14.5 Å². The Morgan fingerprint density at radius 1 is 1.11 bits per heavy atom. The zero-order valence-electron chi connectivity index (χ0n) is 15.5. The molecule has 0 radical (unpaired) electrons. The molecule has 0 saturated carbocycles. The fourth-order valence-electron chi connectivity index (χ4n) is 3.40. The maximum Gasteiger partial charge on any atom is 0.275 e. The molecule has 7 nitrogen and oxygen atoms in total. The van der Waals surface area contributed by atoms with Crippen LogP contribution in [0.2, 0.25) is 0 Å². The molecule has 0 fully saturated rings. The Labute approximate surface area is 164 Å². The molecule has 0 atom stereocenters. The van der Waals surface area contributed by atoms with Crippen molar-refractivity contribution in [2.45, 2.75) is 6.42 Å². The van der Waals surface area contributed by atoms with E-state index in [9.17, 15) is 4.79 Å². The van der Waals surface area contributed by atoms with Crippen molar-refractivity contribution in [2.75, 3.05) is 32.2 Å². The van der Waals surface area contributed by atoms with Gasteiger partial charge in [-0.1, -0.05) is 0 Å². The van der Waals surface area contributed by atoms with Crippen LogP contribution in [0, 0.1) is 0 Å². The Bertz CT molecular complexity index is 1260. The molecule has 1 aliphatic heterocycles. The highest BCUT2D eigenvalue weighted by atomic mass is 32.1. The Hall–Kier alpha value is -3.13. The number of ether oxygens (including phenoxy) is 2. The van der Waals surface area contributed by atoms with Crippen LogP contribution in [0.4, 0.5) is 5.69 Å². The van der Waals surface area contributed by atoms with Gasteiger partial charge in [0.25, 0.3) is 5.56 Å². The maximum absolute atomic E-state index is 13.2. The molecule has 0 amide bonds. The van der Waals surface area contributed by atoms with Crippen LogP contribution in [-0.4, -0.2) is 41.8 Å². The SMILES string of the molecule is CN(C)c1ccnc2sc3c(=O)n(-c4ccc5c(c4)OCCCO5)cnc3c12. The second kappa shape index (κ2) is 6.49. The number of aromatic nitrogens is 3. The van der Waals surface area contributed by atoms with Crippen LogP contribution in [0.3, 0.4) is 0 Å². The van der Waals surface area contributed by atoms with Gasteiger partial charge in [-0.2, -0.15) is 0 Å². The van der Waals surface area contributed by atoms with Gasteiger partial charge in [-0.25, -0.2) is 9.97 Å². The monoisotopic (exact) mass is 394 g/mol. The van der Waals surface area contributed by atoms with Gasteiger partial charge in [0, 0.05) is 32.8 Å². The molecule has 0 saturated heterocycles. The molecule has 8 heteroatoms. The molecular weight excluding hydrogens is 376 g/mol. The van der Waals surface area contributed by atoms with Crippen molar-refractivity contribution >= 4 is 37.5 Å². The van der Waals surface area contributed by atoms with E-state index in [2.05, 4.69) is 9.97 Å². The number of hydrogen-bond acceptors (Lipinski definition) is 7. The first kappa shape index (κ1) is 17.0. The molecule has 3 aromatic heterocycles. The van der Waals surface area contributed by atoms with Crippen LogP contribution in [0.15, 0.2) is 41.6 Å². The summed E-state index contributed by atoms with van der Waals surface area (Å²) in [6.45, 7) is 1.22. The predicted octanol–water partition coefficient (Wildman–Crippen LogP) is 3.22. The van der Waals surface area contributed by atoms with Crippen LogP contribution in [0.25, 0.3) is 26.1 Å². The molecule has 0 spiro atoms. The lowest BCUT2D eigenvalue weighted by Crippen LogP contribution is -2.18. The van der Waals surface area contributed by atoms with Gasteiger partial charge < -0.3 is 14.4 Å². The molecule has 0 unspecified atom stereocenters. The Balaban J connectivity index is 1.71. The summed E-state index contributed by atoms with van der Waals surface area (Å²) in [6, 6.07) is 7.44. The van der Waals surface area contributed by atoms with Crippen LogP contribution in [-0.2, 0) is 0 Å². The predicted molar refractivity (Wildman–Crippen MR) is 110 cm³/mol. The summed E-state index contributed by atoms with van der Waals surface area (Å²) >= 11 is 1.37. The van der Waals surface area contributed by atoms with Gasteiger partial charge in [-0.15, -0.1) is 11.3 Å². The van der Waals surface area contributed by atoms with Crippen LogP contribution < -0.4 is 19.9 Å². The van der Waals surface area contributed by atoms with E-state index in [1.54, 1.807) is 17.1 Å². The van der Waals surface area contributed by atoms with E-state index >= 15 is 0 Å². The fraction of sp³-hybridized carbons (Fsp3) is 0.250. The van der Waals surface area contributed by atoms with Crippen LogP contribution in [0.1, 0.15) is 6.42 Å². The third kappa shape index (κ3) is 2.60. The summed E-state index contributed by atoms with van der Waals surface area (Å²) in [7, 11) is 3.94. The Morgan fingerprint density at radius 3 is 2.75 bits per heavy atom. The van der Waals surface area contributed by atoms with E-state index in [1.165, 1.54) is 11.3 Å². The number of nitrogens with zero attached hydrogens (tertiary/aromatic N) is 4. The van der Waals surface area contributed by atoms with Gasteiger partial charge in [0.15, 0.2) is 11.5 Å². The smallest absolute Gasteiger partial charge is 0.275 e. The number of hydrogen-bond donors (Lipinski definition) is 0. The third-order valence-corrected chi connectivity index (χ3v) is 5.83. The van der Waals surface area contributed by atoms with Crippen molar-refractivity contribution in [1.29, 1.82) is 0 Å². The molecule has 4 heterocycles. The number of rotatable bonds is 2. The molecule has 1 aromatic carbocycles. The first-order chi connectivity index (χ1) is 13.6. The van der Waals surface area contributed by atoms with E-state index in [0.29, 0.717) is 40.6 Å². The molecule has 5 rings (SSSR count). The standard InChI is InChI=1S/C20H18N4O3S/c1-23(2)13-6-7-21-19-16(13)17-18(28-19)20(25)24(11-22-17)12-4-5-14-15(10-12)27-9-3-8-26-14/h4-7,10-11H,3,8-9H2,1-2H3. The summed E-state index contributed by atoms with van der Waals surface area (Å²) in [4.78, 5) is 25.1. The van der Waals surface area contributed by atoms with Crippen LogP contribution >= 0.6 is 11.3 Å². The van der Waals surface area contributed by atoms with Gasteiger partial charge in [-0.3, -0.25) is 9.36 Å². The first-order valence-electron chi connectivity index (χ1n) is 9.00. The third-order valence-electron chi connectivity index (χ3n) is 4.75. The second-order valence-corrected chi connectivity index (χ2v) is 7.78. The van der Waals surface area contributed by atoms with Gasteiger partial charge >= 0.3 is 0 Å². The Morgan fingerprint density at radius 2 is 1.93 bits per heavy atom. The van der Waals surface area contributed by atoms with Crippen molar-refractivity contribution in [3.8, 4) is 17.2 Å². The molecule has 0 aliphatic carbocycles. The van der Waals surface area contributed by atoms with Crippen molar-refractivity contribution in [3.63, 3.8) is 0 Å². The minimum atomic E-state index is -0.118. The largest absolute Gasteiger partial charge is 0.490 e. The highest BCUT2D eigenvalue weighted by Crippen LogP contribution is 2.36. The molecular formula is C20H18N4O3S. The molecule has 142 valence electrons. The average molecular weight is 394 g/mol. The summed E-state index contributed by atoms with van der Waals surface area (Å²) < 4.78 is 13.6. The summed E-state index contributed by atoms with van der Waals surface area (Å²) in [5, 5.41) is 0.912. The lowest BCUT2D eigenvalue weighted by molar-refractivity contribution is 0.297. The minimum absolute atomic E-state index is 0.118. The summed E-state index contributed by atoms with van der Waals surface area (Å²) in [5.41, 5.74) is 2.26. The minimum Gasteiger partial charge on any atom is -0.490 e. The number of fused-ring (bicyclic) bond motifs is 4. The van der Waals surface area contributed by atoms with Gasteiger partial charge in [0.2, 0.25) is 0 Å². The zero-order chi connectivity index (χ0) is 19.3. The average Bonchev–Trinajstić information content (AvgIpc) is 2.92. The summed E-state index contributed by atoms with van der Waals surface area (Å²) in [6.07, 6.45) is 4.17. The normalized spacial score (nSPS) is 13.6. The molecule has 1 aliphatic rings. The van der Waals surface area contributed by atoms with E-state index in [1.807, 2.05) is 43.3 Å². The number of anilines is 1. The topological polar surface area (TPSA) is 69.5 Å². The molecule has 4 aromatic rings. The van der Waals surface area contributed by atoms with E-state index in [4.69, 9.17) is 9.47 Å². The van der Waals surface area contributed by atoms with Gasteiger partial charge in [0.1, 0.15) is 15.9 Å². The highest BCUT2D eigenvalue weighted by molar-refractivity contribution is 7.25. The fourth-order valence-corrected chi connectivity index (χ4v) is 4.44. The zero-order valence-corrected chi connectivity index (χ0v) is 16.3. The molecule has 0 N–H and O–H groups in total. The summed E-state index contributed by atoms with van der Waals surface area (Å²) in [5.74, 6) is 1.35. The number of thiophene rings is 1. The molecule has 28 heavy (non-hydrogen) atoms. The lowest BCUT2D eigenvalue weighted by atomic mass is 10.2. The van der Waals surface area contributed by atoms with Crippen molar-refractivity contribution < 1.29 is 9.47 Å². The first-order valence-corrected chi connectivity index (χ1v) is 9.81. The van der Waals surface area contributed by atoms with Gasteiger partial charge in [-0.05, 0) is 18.2 Å². The Kier molecular flexibility index (Phi) is 3.94. The number of benzene rings is 1. The number of pyridine rings is 1. The second-order valence-electron chi connectivity index (χ2n) is 6.79. The van der Waals surface area contributed by atoms with E-state index in [-0.39, 0.29) is 5.56 Å². The van der Waals surface area contributed by atoms with Gasteiger partial charge in [0.05, 0.1) is 35.5 Å². The molecule has 0 bridgehead atoms. The lowest BCUT2D eigenvalue weighted by Gasteiger charge is -2.13. The van der Waals surface area contributed by atoms with Crippen molar-refractivity contribution in [2.24, 2.45) is 0 Å². The van der Waals surface area contributed by atoms with Crippen LogP contribution in [0.5, 0.6) is 11.5 Å². The highest BCUT2D eigenvalue weighted by Gasteiger charge is 2.18. The maximum atomic E-state index is 13.2. The van der Waals surface area contributed by atoms with E-state index < -0.39 is 0 Å². The van der Waals surface area contributed by atoms with Crippen molar-refractivity contribution in [3.05, 3.63) is 47.1 Å².